The molecule has 0 aliphatic rings. The summed E-state index contributed by atoms with van der Waals surface area (Å²) in [4.78, 5) is 29.7. The van der Waals surface area contributed by atoms with E-state index in [1.54, 1.807) is 36.6 Å². The second-order valence-electron chi connectivity index (χ2n) is 8.97. The van der Waals surface area contributed by atoms with Gasteiger partial charge in [-0.25, -0.2) is 4.79 Å². The minimum Gasteiger partial charge on any atom is -0.493 e. The molecular formula is C29H30N2O6S. The van der Waals surface area contributed by atoms with Crippen LogP contribution >= 0.6 is 11.3 Å². The fourth-order valence-corrected chi connectivity index (χ4v) is 4.96. The van der Waals surface area contributed by atoms with Gasteiger partial charge in [0.15, 0.2) is 5.60 Å². The number of carbonyl (C=O) groups excluding carboxylic acids is 1. The number of hydrogen-bond donors (Lipinski definition) is 0. The first-order valence-corrected chi connectivity index (χ1v) is 12.9. The van der Waals surface area contributed by atoms with Crippen LogP contribution in [0, 0.1) is 0 Å². The Hall–Kier alpha value is -4.11. The van der Waals surface area contributed by atoms with Crippen molar-refractivity contribution in [2.24, 2.45) is 5.16 Å². The molecule has 0 N–H and O–H groups in total. The molecule has 0 spiro atoms. The maximum absolute atomic E-state index is 12.8. The van der Waals surface area contributed by atoms with Gasteiger partial charge in [0.25, 0.3) is 0 Å². The van der Waals surface area contributed by atoms with Crippen LogP contribution in [0.3, 0.4) is 0 Å². The molecule has 3 aromatic carbocycles. The summed E-state index contributed by atoms with van der Waals surface area (Å²) in [6.07, 6.45) is 0.632. The zero-order valence-corrected chi connectivity index (χ0v) is 22.6. The average Bonchev–Trinajstić information content (AvgIpc) is 3.23. The summed E-state index contributed by atoms with van der Waals surface area (Å²) in [5.74, 6) is 0.647. The molecule has 0 bridgehead atoms. The first-order chi connectivity index (χ1) is 18.3. The molecule has 198 valence electrons. The Kier molecular flexibility index (Phi) is 8.48. The predicted molar refractivity (Wildman–Crippen MR) is 148 cm³/mol. The molecule has 0 radical (unpaired) electrons. The zero-order valence-electron chi connectivity index (χ0n) is 21.8. The quantitative estimate of drug-likeness (QED) is 0.113. The lowest BCUT2D eigenvalue weighted by molar-refractivity contribution is -0.156. The number of ether oxygens (including phenoxy) is 3. The highest BCUT2D eigenvalue weighted by molar-refractivity contribution is 7.16. The lowest BCUT2D eigenvalue weighted by Gasteiger charge is -2.23. The highest BCUT2D eigenvalue weighted by Crippen LogP contribution is 2.25. The first kappa shape index (κ1) is 26.9. The molecule has 1 aromatic heterocycles. The van der Waals surface area contributed by atoms with Crippen molar-refractivity contribution in [2.45, 2.75) is 32.4 Å². The third-order valence-corrected chi connectivity index (χ3v) is 6.76. The van der Waals surface area contributed by atoms with E-state index in [1.165, 1.54) is 25.6 Å². The number of carbonyl (C=O) groups is 1. The summed E-state index contributed by atoms with van der Waals surface area (Å²) in [5, 5.41) is 4.22. The van der Waals surface area contributed by atoms with Gasteiger partial charge in [0.2, 0.25) is 0 Å². The van der Waals surface area contributed by atoms with Gasteiger partial charge in [-0.15, -0.1) is 0 Å². The lowest BCUT2D eigenvalue weighted by Crippen LogP contribution is -2.39. The standard InChI is InChI=1S/C29H30N2O6S/c1-29(2,27(32)34-3)37-23-13-8-12-22(19-23)36-17-9-16-31-24-15-14-21(18-25(24)38-28(31)33)26(30-35-4)20-10-6-5-7-11-20/h5-8,10-15,18-19H,9,16-17H2,1-4H3/b30-26+. The third kappa shape index (κ3) is 6.23. The Morgan fingerprint density at radius 1 is 0.947 bits per heavy atom. The summed E-state index contributed by atoms with van der Waals surface area (Å²) >= 11 is 1.21. The Labute approximate surface area is 225 Å². The number of oxime groups is 1. The minimum absolute atomic E-state index is 0.0254. The smallest absolute Gasteiger partial charge is 0.349 e. The molecule has 1 heterocycles. The van der Waals surface area contributed by atoms with Crippen molar-refractivity contribution in [3.05, 3.63) is 93.6 Å². The molecule has 0 fully saturated rings. The number of thiazole rings is 1. The van der Waals surface area contributed by atoms with Crippen LogP contribution in [0.2, 0.25) is 0 Å². The third-order valence-electron chi connectivity index (χ3n) is 5.82. The second kappa shape index (κ2) is 12.0. The Morgan fingerprint density at radius 2 is 1.71 bits per heavy atom. The van der Waals surface area contributed by atoms with Gasteiger partial charge < -0.3 is 19.0 Å². The van der Waals surface area contributed by atoms with Crippen LogP contribution in [0.5, 0.6) is 11.5 Å². The van der Waals surface area contributed by atoms with E-state index < -0.39 is 11.6 Å². The summed E-state index contributed by atoms with van der Waals surface area (Å²) in [5.41, 5.74) is 2.26. The van der Waals surface area contributed by atoms with Crippen molar-refractivity contribution in [1.82, 2.24) is 4.57 Å². The summed E-state index contributed by atoms with van der Waals surface area (Å²) in [6.45, 7) is 4.21. The molecule has 0 aliphatic heterocycles. The number of nitrogens with zero attached hydrogens (tertiary/aromatic N) is 2. The minimum atomic E-state index is -1.12. The topological polar surface area (TPSA) is 88.4 Å². The van der Waals surface area contributed by atoms with Gasteiger partial charge in [-0.3, -0.25) is 9.36 Å². The van der Waals surface area contributed by atoms with E-state index in [0.717, 1.165) is 21.3 Å². The highest BCUT2D eigenvalue weighted by Gasteiger charge is 2.31. The van der Waals surface area contributed by atoms with Crippen molar-refractivity contribution >= 4 is 33.2 Å². The fraction of sp³-hybridized carbons (Fsp3) is 0.276. The Morgan fingerprint density at radius 3 is 2.45 bits per heavy atom. The van der Waals surface area contributed by atoms with Crippen LogP contribution in [-0.2, 0) is 20.9 Å². The molecule has 4 rings (SSSR count). The van der Waals surface area contributed by atoms with E-state index >= 15 is 0 Å². The zero-order chi connectivity index (χ0) is 27.1. The molecular weight excluding hydrogens is 504 g/mol. The van der Waals surface area contributed by atoms with Gasteiger partial charge in [0.05, 0.1) is 23.9 Å². The number of methoxy groups -OCH3 is 1. The molecule has 8 nitrogen and oxygen atoms in total. The van der Waals surface area contributed by atoms with Crippen molar-refractivity contribution in [2.75, 3.05) is 20.8 Å². The summed E-state index contributed by atoms with van der Waals surface area (Å²) < 4.78 is 19.1. The van der Waals surface area contributed by atoms with Gasteiger partial charge in [-0.1, -0.05) is 59.0 Å². The molecule has 0 saturated carbocycles. The molecule has 0 amide bonds. The maximum atomic E-state index is 12.8. The number of aromatic nitrogens is 1. The van der Waals surface area contributed by atoms with Crippen LogP contribution in [0.25, 0.3) is 10.2 Å². The van der Waals surface area contributed by atoms with Crippen LogP contribution in [0.15, 0.2) is 82.7 Å². The first-order valence-electron chi connectivity index (χ1n) is 12.1. The highest BCUT2D eigenvalue weighted by atomic mass is 32.1. The van der Waals surface area contributed by atoms with Crippen LogP contribution < -0.4 is 14.3 Å². The number of esters is 1. The van der Waals surface area contributed by atoms with Gasteiger partial charge >= 0.3 is 10.8 Å². The van der Waals surface area contributed by atoms with E-state index in [0.29, 0.717) is 36.8 Å². The van der Waals surface area contributed by atoms with Gasteiger partial charge in [-0.2, -0.15) is 0 Å². The molecule has 0 aliphatic carbocycles. The molecule has 9 heteroatoms. The van der Waals surface area contributed by atoms with E-state index in [-0.39, 0.29) is 4.87 Å². The van der Waals surface area contributed by atoms with Crippen molar-refractivity contribution in [1.29, 1.82) is 0 Å². The van der Waals surface area contributed by atoms with Gasteiger partial charge in [0, 0.05) is 23.7 Å². The largest absolute Gasteiger partial charge is 0.493 e. The summed E-state index contributed by atoms with van der Waals surface area (Å²) in [7, 11) is 2.84. The molecule has 38 heavy (non-hydrogen) atoms. The number of hydrogen-bond acceptors (Lipinski definition) is 8. The molecule has 0 atom stereocenters. The molecule has 0 saturated heterocycles. The number of aryl methyl sites for hydroxylation is 1. The van der Waals surface area contributed by atoms with Crippen molar-refractivity contribution in [3.63, 3.8) is 0 Å². The van der Waals surface area contributed by atoms with Crippen LogP contribution in [0.1, 0.15) is 31.4 Å². The Balaban J connectivity index is 1.42. The van der Waals surface area contributed by atoms with Crippen molar-refractivity contribution < 1.29 is 23.8 Å². The van der Waals surface area contributed by atoms with E-state index in [4.69, 9.17) is 19.0 Å². The maximum Gasteiger partial charge on any atom is 0.349 e. The van der Waals surface area contributed by atoms with Crippen molar-refractivity contribution in [3.8, 4) is 11.5 Å². The summed E-state index contributed by atoms with van der Waals surface area (Å²) in [6, 6.07) is 22.7. The SMILES string of the molecule is CO/N=C(\c1ccccc1)c1ccc2c(c1)sc(=O)n2CCCOc1cccc(OC(C)(C)C(=O)OC)c1. The number of benzene rings is 3. The average molecular weight is 535 g/mol. The second-order valence-corrected chi connectivity index (χ2v) is 9.96. The normalized spacial score (nSPS) is 11.8. The number of rotatable bonds is 11. The lowest BCUT2D eigenvalue weighted by atomic mass is 10.0. The monoisotopic (exact) mass is 534 g/mol. The number of fused-ring (bicyclic) bond motifs is 1. The molecule has 4 aromatic rings. The Bertz CT molecular complexity index is 1490. The van der Waals surface area contributed by atoms with Crippen LogP contribution in [-0.4, -0.2) is 42.7 Å². The predicted octanol–water partition coefficient (Wildman–Crippen LogP) is 5.26. The molecule has 0 unspecified atom stereocenters. The van der Waals surface area contributed by atoms with E-state index in [9.17, 15) is 9.59 Å². The van der Waals surface area contributed by atoms with Gasteiger partial charge in [-0.05, 0) is 44.5 Å². The van der Waals surface area contributed by atoms with E-state index in [2.05, 4.69) is 5.16 Å². The fourth-order valence-electron chi connectivity index (χ4n) is 4.01. The van der Waals surface area contributed by atoms with E-state index in [1.807, 2.05) is 54.6 Å². The van der Waals surface area contributed by atoms with Gasteiger partial charge in [0.1, 0.15) is 24.3 Å². The van der Waals surface area contributed by atoms with Crippen LogP contribution in [0.4, 0.5) is 0 Å².